The number of nitrogens with one attached hydrogen (secondary N) is 1. The average Bonchev–Trinajstić information content (AvgIpc) is 2.84. The van der Waals surface area contributed by atoms with Gasteiger partial charge >= 0.3 is 6.01 Å². The maximum Gasteiger partial charge on any atom is 0.318 e. The van der Waals surface area contributed by atoms with E-state index in [0.717, 1.165) is 35.7 Å². The number of hydrogen-bond acceptors (Lipinski definition) is 6. The number of amides is 1. The van der Waals surface area contributed by atoms with E-state index < -0.39 is 0 Å². The Hall–Kier alpha value is -3.61. The molecule has 32 heavy (non-hydrogen) atoms. The molecule has 1 aliphatic rings. The van der Waals surface area contributed by atoms with E-state index in [9.17, 15) is 4.79 Å². The predicted molar refractivity (Wildman–Crippen MR) is 128 cm³/mol. The van der Waals surface area contributed by atoms with E-state index in [1.807, 2.05) is 11.8 Å². The van der Waals surface area contributed by atoms with Gasteiger partial charge in [0.05, 0.1) is 7.11 Å². The van der Waals surface area contributed by atoms with Gasteiger partial charge in [0.15, 0.2) is 0 Å². The smallest absolute Gasteiger partial charge is 0.318 e. The zero-order valence-electron chi connectivity index (χ0n) is 18.7. The van der Waals surface area contributed by atoms with E-state index in [4.69, 9.17) is 4.74 Å². The van der Waals surface area contributed by atoms with Gasteiger partial charge in [0, 0.05) is 55.1 Å². The number of ether oxygens (including phenoxy) is 1. The fraction of sp³-hybridized carbons (Fsp3) is 0.320. The molecule has 7 nitrogen and oxygen atoms in total. The number of carbonyl (C=O) groups excluding carboxylic acids is 1. The number of anilines is 2. The Balaban J connectivity index is 1.52. The molecule has 0 spiro atoms. The molecule has 2 aromatic carbocycles. The molecular weight excluding hydrogens is 402 g/mol. The lowest BCUT2D eigenvalue weighted by Crippen LogP contribution is -2.49. The predicted octanol–water partition coefficient (Wildman–Crippen LogP) is 3.44. The van der Waals surface area contributed by atoms with Crippen molar-refractivity contribution >= 4 is 28.2 Å². The molecular formula is C25H29N5O2. The standard InChI is InChI=1S/C25H29N5O2/c1-4-23(31)29-14-16-30(17-15-29)24-20(18(2)27-25(28-24)32-3)12-13-26-22-11-7-9-19-8-5-6-10-21(19)22/h4-11,26H,1,12-17H2,2-3H3. The van der Waals surface area contributed by atoms with Crippen molar-refractivity contribution in [2.45, 2.75) is 13.3 Å². The number of aryl methyl sites for hydroxylation is 1. The molecule has 3 aromatic rings. The van der Waals surface area contributed by atoms with E-state index >= 15 is 0 Å². The molecule has 1 aliphatic heterocycles. The molecule has 0 aliphatic carbocycles. The lowest BCUT2D eigenvalue weighted by Gasteiger charge is -2.36. The first-order chi connectivity index (χ1) is 15.6. The largest absolute Gasteiger partial charge is 0.467 e. The van der Waals surface area contributed by atoms with Crippen LogP contribution in [0.5, 0.6) is 6.01 Å². The minimum atomic E-state index is -0.0272. The van der Waals surface area contributed by atoms with Crippen molar-refractivity contribution in [3.05, 3.63) is 66.4 Å². The normalized spacial score (nSPS) is 13.8. The summed E-state index contributed by atoms with van der Waals surface area (Å²) in [5.41, 5.74) is 3.13. The van der Waals surface area contributed by atoms with E-state index in [-0.39, 0.29) is 5.91 Å². The van der Waals surface area contributed by atoms with Crippen LogP contribution in [-0.2, 0) is 11.2 Å². The van der Waals surface area contributed by atoms with Gasteiger partial charge in [0.2, 0.25) is 5.91 Å². The first-order valence-corrected chi connectivity index (χ1v) is 10.9. The number of hydrogen-bond donors (Lipinski definition) is 1. The molecule has 0 bridgehead atoms. The molecule has 2 heterocycles. The maximum atomic E-state index is 11.9. The van der Waals surface area contributed by atoms with Gasteiger partial charge in [0.25, 0.3) is 0 Å². The van der Waals surface area contributed by atoms with Gasteiger partial charge in [-0.1, -0.05) is 43.0 Å². The van der Waals surface area contributed by atoms with Gasteiger partial charge < -0.3 is 19.9 Å². The lowest BCUT2D eigenvalue weighted by molar-refractivity contribution is -0.126. The minimum absolute atomic E-state index is 0.0272. The van der Waals surface area contributed by atoms with E-state index in [2.05, 4.69) is 69.2 Å². The molecule has 0 saturated carbocycles. The van der Waals surface area contributed by atoms with Gasteiger partial charge in [-0.2, -0.15) is 4.98 Å². The van der Waals surface area contributed by atoms with Crippen LogP contribution in [0.15, 0.2) is 55.1 Å². The summed E-state index contributed by atoms with van der Waals surface area (Å²) >= 11 is 0. The van der Waals surface area contributed by atoms with Gasteiger partial charge in [0.1, 0.15) is 5.82 Å². The number of carbonyl (C=O) groups is 1. The third-order valence-corrected chi connectivity index (χ3v) is 5.90. The highest BCUT2D eigenvalue weighted by Crippen LogP contribution is 2.26. The van der Waals surface area contributed by atoms with Crippen molar-refractivity contribution in [3.63, 3.8) is 0 Å². The van der Waals surface area contributed by atoms with Crippen molar-refractivity contribution in [1.82, 2.24) is 14.9 Å². The van der Waals surface area contributed by atoms with Gasteiger partial charge in [-0.05, 0) is 30.9 Å². The molecule has 7 heteroatoms. The zero-order valence-corrected chi connectivity index (χ0v) is 18.7. The molecule has 0 atom stereocenters. The van der Waals surface area contributed by atoms with E-state index in [0.29, 0.717) is 32.2 Å². The van der Waals surface area contributed by atoms with Crippen molar-refractivity contribution < 1.29 is 9.53 Å². The Morgan fingerprint density at radius 2 is 1.88 bits per heavy atom. The second kappa shape index (κ2) is 9.68. The number of piperazine rings is 1. The molecule has 0 unspecified atom stereocenters. The average molecular weight is 432 g/mol. The van der Waals surface area contributed by atoms with Gasteiger partial charge in [-0.25, -0.2) is 4.98 Å². The monoisotopic (exact) mass is 431 g/mol. The highest BCUT2D eigenvalue weighted by Gasteiger charge is 2.24. The quantitative estimate of drug-likeness (QED) is 0.578. The number of aromatic nitrogens is 2. The molecule has 1 fully saturated rings. The summed E-state index contributed by atoms with van der Waals surface area (Å²) in [5.74, 6) is 0.861. The highest BCUT2D eigenvalue weighted by atomic mass is 16.5. The number of rotatable bonds is 7. The second-order valence-electron chi connectivity index (χ2n) is 7.82. The van der Waals surface area contributed by atoms with Crippen LogP contribution < -0.4 is 15.0 Å². The molecule has 1 amide bonds. The minimum Gasteiger partial charge on any atom is -0.467 e. The van der Waals surface area contributed by atoms with Crippen molar-refractivity contribution in [1.29, 1.82) is 0 Å². The fourth-order valence-corrected chi connectivity index (χ4v) is 4.17. The molecule has 0 radical (unpaired) electrons. The van der Waals surface area contributed by atoms with Gasteiger partial charge in [-0.15, -0.1) is 0 Å². The Bertz CT molecular complexity index is 1120. The van der Waals surface area contributed by atoms with Crippen LogP contribution in [0.2, 0.25) is 0 Å². The number of fused-ring (bicyclic) bond motifs is 1. The zero-order chi connectivity index (χ0) is 22.5. The first-order valence-electron chi connectivity index (χ1n) is 10.9. The molecule has 1 aromatic heterocycles. The summed E-state index contributed by atoms with van der Waals surface area (Å²) in [4.78, 5) is 25.2. The summed E-state index contributed by atoms with van der Waals surface area (Å²) in [6, 6.07) is 15.0. The summed E-state index contributed by atoms with van der Waals surface area (Å²) in [5, 5.41) is 6.01. The Morgan fingerprint density at radius 1 is 1.12 bits per heavy atom. The van der Waals surface area contributed by atoms with Crippen molar-refractivity contribution in [2.24, 2.45) is 0 Å². The van der Waals surface area contributed by atoms with Crippen molar-refractivity contribution in [3.8, 4) is 6.01 Å². The number of methoxy groups -OCH3 is 1. The van der Waals surface area contributed by atoms with Crippen LogP contribution in [0.4, 0.5) is 11.5 Å². The molecule has 4 rings (SSSR count). The third kappa shape index (κ3) is 4.51. The summed E-state index contributed by atoms with van der Waals surface area (Å²) < 4.78 is 5.34. The fourth-order valence-electron chi connectivity index (χ4n) is 4.17. The first kappa shape index (κ1) is 21.6. The van der Waals surface area contributed by atoms with Crippen LogP contribution in [0, 0.1) is 6.92 Å². The Kier molecular flexibility index (Phi) is 6.54. The van der Waals surface area contributed by atoms with Crippen molar-refractivity contribution in [2.75, 3.05) is 50.1 Å². The van der Waals surface area contributed by atoms with Crippen LogP contribution in [-0.4, -0.2) is 60.6 Å². The van der Waals surface area contributed by atoms with Crippen LogP contribution >= 0.6 is 0 Å². The van der Waals surface area contributed by atoms with Gasteiger partial charge in [-0.3, -0.25) is 4.79 Å². The SMILES string of the molecule is C=CC(=O)N1CCN(c2nc(OC)nc(C)c2CCNc2cccc3ccccc23)CC1. The molecule has 166 valence electrons. The number of benzene rings is 2. The number of nitrogens with zero attached hydrogens (tertiary/aromatic N) is 4. The third-order valence-electron chi connectivity index (χ3n) is 5.90. The highest BCUT2D eigenvalue weighted by molar-refractivity contribution is 5.93. The Labute approximate surface area is 188 Å². The molecule has 1 saturated heterocycles. The lowest BCUT2D eigenvalue weighted by atomic mass is 10.1. The van der Waals surface area contributed by atoms with Crippen LogP contribution in [0.25, 0.3) is 10.8 Å². The van der Waals surface area contributed by atoms with E-state index in [1.54, 1.807) is 7.11 Å². The van der Waals surface area contributed by atoms with Crippen LogP contribution in [0.3, 0.4) is 0 Å². The second-order valence-corrected chi connectivity index (χ2v) is 7.82. The maximum absolute atomic E-state index is 11.9. The summed E-state index contributed by atoms with van der Waals surface area (Å²) in [6.07, 6.45) is 2.15. The summed E-state index contributed by atoms with van der Waals surface area (Å²) in [7, 11) is 1.58. The van der Waals surface area contributed by atoms with Crippen LogP contribution in [0.1, 0.15) is 11.3 Å². The topological polar surface area (TPSA) is 70.6 Å². The molecule has 1 N–H and O–H groups in total. The summed E-state index contributed by atoms with van der Waals surface area (Å²) in [6.45, 7) is 9.05. The Morgan fingerprint density at radius 3 is 2.62 bits per heavy atom. The van der Waals surface area contributed by atoms with E-state index in [1.165, 1.54) is 16.8 Å².